The monoisotopic (exact) mass is 208 g/mol. The third kappa shape index (κ3) is 1.50. The van der Waals surface area contributed by atoms with Gasteiger partial charge in [-0.05, 0) is 26.0 Å². The molecule has 74 valence electrons. The van der Waals surface area contributed by atoms with Gasteiger partial charge in [0.05, 0.1) is 9.88 Å². The lowest BCUT2D eigenvalue weighted by atomic mass is 10.3. The molecular formula is C9H12N4S. The van der Waals surface area contributed by atoms with Crippen molar-refractivity contribution in [2.75, 3.05) is 5.73 Å². The Hall–Kier alpha value is -1.36. The standard InChI is InChI=1S/C9H12N4S/c1-6(2)13-5-11-12-9(13)7-3-4-8(10)14-7/h3-6H,10H2,1-2H3. The van der Waals surface area contributed by atoms with E-state index in [1.165, 1.54) is 11.3 Å². The lowest BCUT2D eigenvalue weighted by molar-refractivity contribution is 0.604. The minimum atomic E-state index is 0.364. The number of nitrogens with two attached hydrogens (primary N) is 1. The molecule has 0 fully saturated rings. The minimum absolute atomic E-state index is 0.364. The molecule has 0 aliphatic carbocycles. The van der Waals surface area contributed by atoms with E-state index in [0.717, 1.165) is 15.7 Å². The van der Waals surface area contributed by atoms with E-state index < -0.39 is 0 Å². The van der Waals surface area contributed by atoms with E-state index in [1.54, 1.807) is 6.33 Å². The van der Waals surface area contributed by atoms with Crippen LogP contribution in [0.2, 0.25) is 0 Å². The molecule has 2 N–H and O–H groups in total. The molecule has 0 aromatic carbocycles. The number of hydrogen-bond acceptors (Lipinski definition) is 4. The zero-order chi connectivity index (χ0) is 10.1. The Bertz CT molecular complexity index is 429. The van der Waals surface area contributed by atoms with Crippen LogP contribution in [0.5, 0.6) is 0 Å². The Morgan fingerprint density at radius 1 is 1.43 bits per heavy atom. The van der Waals surface area contributed by atoms with Gasteiger partial charge in [0.2, 0.25) is 0 Å². The number of rotatable bonds is 2. The first-order chi connectivity index (χ1) is 6.68. The summed E-state index contributed by atoms with van der Waals surface area (Å²) in [5.74, 6) is 0.890. The fourth-order valence-electron chi connectivity index (χ4n) is 1.27. The highest BCUT2D eigenvalue weighted by Crippen LogP contribution is 2.29. The highest BCUT2D eigenvalue weighted by molar-refractivity contribution is 7.19. The van der Waals surface area contributed by atoms with E-state index in [0.29, 0.717) is 6.04 Å². The van der Waals surface area contributed by atoms with Crippen LogP contribution < -0.4 is 5.73 Å². The molecule has 5 heteroatoms. The molecule has 0 radical (unpaired) electrons. The van der Waals surface area contributed by atoms with Gasteiger partial charge in [-0.15, -0.1) is 21.5 Å². The first-order valence-corrected chi connectivity index (χ1v) is 5.25. The van der Waals surface area contributed by atoms with E-state index in [9.17, 15) is 0 Å². The molecule has 0 spiro atoms. The molecule has 14 heavy (non-hydrogen) atoms. The van der Waals surface area contributed by atoms with E-state index in [4.69, 9.17) is 5.73 Å². The second-order valence-electron chi connectivity index (χ2n) is 3.36. The summed E-state index contributed by atoms with van der Waals surface area (Å²) in [5, 5.41) is 8.80. The van der Waals surface area contributed by atoms with Gasteiger partial charge in [0.15, 0.2) is 5.82 Å². The van der Waals surface area contributed by atoms with Gasteiger partial charge in [0, 0.05) is 6.04 Å². The van der Waals surface area contributed by atoms with Gasteiger partial charge in [-0.1, -0.05) is 0 Å². The number of hydrogen-bond donors (Lipinski definition) is 1. The van der Waals surface area contributed by atoms with Gasteiger partial charge in [0.1, 0.15) is 6.33 Å². The van der Waals surface area contributed by atoms with Crippen molar-refractivity contribution in [3.8, 4) is 10.7 Å². The van der Waals surface area contributed by atoms with Gasteiger partial charge >= 0.3 is 0 Å². The van der Waals surface area contributed by atoms with Crippen LogP contribution in [0.4, 0.5) is 5.00 Å². The van der Waals surface area contributed by atoms with E-state index >= 15 is 0 Å². The molecule has 0 amide bonds. The van der Waals surface area contributed by atoms with Crippen molar-refractivity contribution >= 4 is 16.3 Å². The van der Waals surface area contributed by atoms with E-state index in [1.807, 2.05) is 16.7 Å². The molecule has 2 aromatic heterocycles. The highest BCUT2D eigenvalue weighted by Gasteiger charge is 2.10. The number of nitrogens with zero attached hydrogens (tertiary/aromatic N) is 3. The summed E-state index contributed by atoms with van der Waals surface area (Å²) >= 11 is 1.53. The van der Waals surface area contributed by atoms with E-state index in [2.05, 4.69) is 24.0 Å². The van der Waals surface area contributed by atoms with Crippen LogP contribution in [0.3, 0.4) is 0 Å². The Morgan fingerprint density at radius 3 is 2.79 bits per heavy atom. The summed E-state index contributed by atoms with van der Waals surface area (Å²) in [7, 11) is 0. The maximum absolute atomic E-state index is 5.67. The zero-order valence-electron chi connectivity index (χ0n) is 8.14. The molecule has 2 rings (SSSR count). The Kier molecular flexibility index (Phi) is 2.25. The van der Waals surface area contributed by atoms with Gasteiger partial charge in [-0.25, -0.2) is 0 Å². The lowest BCUT2D eigenvalue weighted by Crippen LogP contribution is -2.00. The predicted octanol–water partition coefficient (Wildman–Crippen LogP) is 2.17. The molecule has 4 nitrogen and oxygen atoms in total. The van der Waals surface area contributed by atoms with Crippen LogP contribution in [0.15, 0.2) is 18.5 Å². The van der Waals surface area contributed by atoms with Gasteiger partial charge < -0.3 is 10.3 Å². The molecule has 2 aromatic rings. The molecule has 0 saturated heterocycles. The summed E-state index contributed by atoms with van der Waals surface area (Å²) in [4.78, 5) is 1.06. The molecular weight excluding hydrogens is 196 g/mol. The molecule has 0 bridgehead atoms. The average molecular weight is 208 g/mol. The molecule has 2 heterocycles. The van der Waals surface area contributed by atoms with Crippen molar-refractivity contribution < 1.29 is 0 Å². The number of thiophene rings is 1. The summed E-state index contributed by atoms with van der Waals surface area (Å²) in [6.07, 6.45) is 1.75. The predicted molar refractivity (Wildman–Crippen MR) is 58.1 cm³/mol. The fourth-order valence-corrected chi connectivity index (χ4v) is 2.03. The van der Waals surface area contributed by atoms with E-state index in [-0.39, 0.29) is 0 Å². The first-order valence-electron chi connectivity index (χ1n) is 4.43. The van der Waals surface area contributed by atoms with Crippen LogP contribution in [-0.4, -0.2) is 14.8 Å². The topological polar surface area (TPSA) is 56.7 Å². The largest absolute Gasteiger partial charge is 0.391 e. The molecule has 0 saturated carbocycles. The normalized spacial score (nSPS) is 11.1. The highest BCUT2D eigenvalue weighted by atomic mass is 32.1. The number of aromatic nitrogens is 3. The Balaban J connectivity index is 2.46. The van der Waals surface area contributed by atoms with Gasteiger partial charge in [0.25, 0.3) is 0 Å². The maximum Gasteiger partial charge on any atom is 0.174 e. The van der Waals surface area contributed by atoms with Crippen molar-refractivity contribution in [1.29, 1.82) is 0 Å². The first kappa shape index (κ1) is 9.21. The molecule has 0 aliphatic rings. The number of anilines is 1. The third-order valence-corrected chi connectivity index (χ3v) is 2.89. The number of nitrogen functional groups attached to an aromatic ring is 1. The van der Waals surface area contributed by atoms with Crippen molar-refractivity contribution in [2.45, 2.75) is 19.9 Å². The fraction of sp³-hybridized carbons (Fsp3) is 0.333. The maximum atomic E-state index is 5.67. The third-order valence-electron chi connectivity index (χ3n) is 1.98. The van der Waals surface area contributed by atoms with Crippen LogP contribution >= 0.6 is 11.3 Å². The summed E-state index contributed by atoms with van der Waals surface area (Å²) < 4.78 is 2.03. The zero-order valence-corrected chi connectivity index (χ0v) is 8.95. The minimum Gasteiger partial charge on any atom is -0.391 e. The van der Waals surface area contributed by atoms with Crippen LogP contribution in [-0.2, 0) is 0 Å². The second-order valence-corrected chi connectivity index (χ2v) is 4.47. The van der Waals surface area contributed by atoms with Crippen molar-refractivity contribution in [3.63, 3.8) is 0 Å². The molecule has 0 aliphatic heterocycles. The van der Waals surface area contributed by atoms with Crippen molar-refractivity contribution in [3.05, 3.63) is 18.5 Å². The molecule has 0 unspecified atom stereocenters. The average Bonchev–Trinajstić information content (AvgIpc) is 2.70. The van der Waals surface area contributed by atoms with Crippen LogP contribution in [0, 0.1) is 0 Å². The summed E-state index contributed by atoms with van der Waals surface area (Å²) in [5.41, 5.74) is 5.67. The lowest BCUT2D eigenvalue weighted by Gasteiger charge is -2.07. The van der Waals surface area contributed by atoms with Crippen LogP contribution in [0.25, 0.3) is 10.7 Å². The van der Waals surface area contributed by atoms with Crippen molar-refractivity contribution in [2.24, 2.45) is 0 Å². The Labute approximate surface area is 86.4 Å². The quantitative estimate of drug-likeness (QED) is 0.822. The van der Waals surface area contributed by atoms with Crippen molar-refractivity contribution in [1.82, 2.24) is 14.8 Å². The van der Waals surface area contributed by atoms with Gasteiger partial charge in [-0.3, -0.25) is 0 Å². The second kappa shape index (κ2) is 3.42. The SMILES string of the molecule is CC(C)n1cnnc1-c1ccc(N)s1. The molecule has 0 atom stereocenters. The smallest absolute Gasteiger partial charge is 0.174 e. The van der Waals surface area contributed by atoms with Gasteiger partial charge in [-0.2, -0.15) is 0 Å². The Morgan fingerprint density at radius 2 is 2.21 bits per heavy atom. The summed E-state index contributed by atoms with van der Waals surface area (Å²) in [6, 6.07) is 4.23. The van der Waals surface area contributed by atoms with Crippen LogP contribution in [0.1, 0.15) is 19.9 Å². The summed E-state index contributed by atoms with van der Waals surface area (Å²) in [6.45, 7) is 4.20.